The second-order valence-corrected chi connectivity index (χ2v) is 9.42. The highest BCUT2D eigenvalue weighted by Crippen LogP contribution is 2.14. The molecule has 0 aliphatic rings. The highest BCUT2D eigenvalue weighted by atomic mass is 35.5. The van der Waals surface area contributed by atoms with Crippen molar-refractivity contribution >= 4 is 30.1 Å². The average Bonchev–Trinajstić information content (AvgIpc) is 2.90. The number of carbonyl (C=O) groups excluding carboxylic acids is 3. The third-order valence-corrected chi connectivity index (χ3v) is 6.67. The lowest BCUT2D eigenvalue weighted by atomic mass is 9.96. The van der Waals surface area contributed by atoms with Gasteiger partial charge in [0.2, 0.25) is 17.7 Å². The SMILES string of the molecule is CCC(C)[C@H](N)C(=O)N[C@@H](Cc1ccc(O)cc1)C(=O)N[C@H](C(=O)NCc1ccccc1)C(C)CC.Cl. The third-order valence-electron chi connectivity index (χ3n) is 6.67. The van der Waals surface area contributed by atoms with Crippen LogP contribution in [-0.2, 0) is 27.3 Å². The molecular formula is C28H41ClN4O4. The molecule has 0 radical (unpaired) electrons. The molecule has 2 aromatic rings. The topological polar surface area (TPSA) is 134 Å². The maximum atomic E-state index is 13.4. The van der Waals surface area contributed by atoms with Gasteiger partial charge in [-0.25, -0.2) is 0 Å². The fourth-order valence-corrected chi connectivity index (χ4v) is 3.71. The van der Waals surface area contributed by atoms with Gasteiger partial charge in [-0.3, -0.25) is 14.4 Å². The molecule has 0 fully saturated rings. The Morgan fingerprint density at radius 3 is 1.97 bits per heavy atom. The molecule has 0 aliphatic carbocycles. The molecule has 0 bridgehead atoms. The Bertz CT molecular complexity index is 987. The summed E-state index contributed by atoms with van der Waals surface area (Å²) in [7, 11) is 0. The van der Waals surface area contributed by atoms with Gasteiger partial charge in [0.15, 0.2) is 0 Å². The van der Waals surface area contributed by atoms with Gasteiger partial charge in [-0.15, -0.1) is 12.4 Å². The number of benzene rings is 2. The largest absolute Gasteiger partial charge is 0.508 e. The number of hydrogen-bond acceptors (Lipinski definition) is 5. The molecule has 2 unspecified atom stereocenters. The molecule has 2 aromatic carbocycles. The van der Waals surface area contributed by atoms with Gasteiger partial charge in [0.1, 0.15) is 17.8 Å². The van der Waals surface area contributed by atoms with Crippen molar-refractivity contribution < 1.29 is 19.5 Å². The van der Waals surface area contributed by atoms with E-state index in [1.54, 1.807) is 12.1 Å². The highest BCUT2D eigenvalue weighted by Gasteiger charge is 2.31. The van der Waals surface area contributed by atoms with Gasteiger partial charge < -0.3 is 26.8 Å². The van der Waals surface area contributed by atoms with E-state index in [-0.39, 0.29) is 42.3 Å². The zero-order valence-corrected chi connectivity index (χ0v) is 22.9. The second kappa shape index (κ2) is 15.9. The minimum Gasteiger partial charge on any atom is -0.508 e. The van der Waals surface area contributed by atoms with E-state index in [1.807, 2.05) is 58.0 Å². The van der Waals surface area contributed by atoms with Gasteiger partial charge in [0, 0.05) is 13.0 Å². The summed E-state index contributed by atoms with van der Waals surface area (Å²) in [6.07, 6.45) is 1.59. The van der Waals surface area contributed by atoms with Crippen LogP contribution in [0.2, 0.25) is 0 Å². The maximum Gasteiger partial charge on any atom is 0.243 e. The molecule has 0 saturated carbocycles. The number of halogens is 1. The van der Waals surface area contributed by atoms with Gasteiger partial charge in [-0.1, -0.05) is 83.0 Å². The van der Waals surface area contributed by atoms with E-state index in [0.29, 0.717) is 13.0 Å². The number of amides is 3. The Kier molecular flexibility index (Phi) is 13.7. The van der Waals surface area contributed by atoms with Crippen LogP contribution >= 0.6 is 12.4 Å². The average molecular weight is 533 g/mol. The molecule has 5 atom stereocenters. The van der Waals surface area contributed by atoms with E-state index in [0.717, 1.165) is 17.5 Å². The van der Waals surface area contributed by atoms with Crippen molar-refractivity contribution in [2.75, 3.05) is 0 Å². The number of phenolic OH excluding ortho intramolecular Hbond substituents is 1. The molecule has 0 aliphatic heterocycles. The first kappa shape index (κ1) is 31.9. The zero-order valence-electron chi connectivity index (χ0n) is 22.1. The summed E-state index contributed by atoms with van der Waals surface area (Å²) in [6, 6.07) is 13.5. The number of aromatic hydroxyl groups is 1. The van der Waals surface area contributed by atoms with E-state index in [1.165, 1.54) is 12.1 Å². The van der Waals surface area contributed by atoms with Gasteiger partial charge in [-0.05, 0) is 35.1 Å². The van der Waals surface area contributed by atoms with Crippen molar-refractivity contribution in [1.82, 2.24) is 16.0 Å². The quantitative estimate of drug-likeness (QED) is 0.270. The molecule has 37 heavy (non-hydrogen) atoms. The first-order valence-corrected chi connectivity index (χ1v) is 12.6. The highest BCUT2D eigenvalue weighted by molar-refractivity contribution is 5.93. The van der Waals surface area contributed by atoms with Crippen LogP contribution in [0.25, 0.3) is 0 Å². The third kappa shape index (κ3) is 10.1. The molecule has 2 rings (SSSR count). The number of carbonyl (C=O) groups is 3. The van der Waals surface area contributed by atoms with Crippen molar-refractivity contribution in [1.29, 1.82) is 0 Å². The summed E-state index contributed by atoms with van der Waals surface area (Å²) in [5, 5.41) is 18.2. The monoisotopic (exact) mass is 532 g/mol. The summed E-state index contributed by atoms with van der Waals surface area (Å²) in [4.78, 5) is 39.3. The normalized spacial score (nSPS) is 14.7. The van der Waals surface area contributed by atoms with E-state index >= 15 is 0 Å². The standard InChI is InChI=1S/C28H40N4O4.ClH/c1-5-18(3)24(29)27(35)31-23(16-20-12-14-22(33)15-13-20)26(34)32-25(19(4)6-2)28(36)30-17-21-10-8-7-9-11-21;/h7-15,18-19,23-25,33H,5-6,16-17,29H2,1-4H3,(H,30,36)(H,31,35)(H,32,34);1H/t18?,19?,23-,24-,25-;/m0./s1. The van der Waals surface area contributed by atoms with E-state index in [2.05, 4.69) is 16.0 Å². The fourth-order valence-electron chi connectivity index (χ4n) is 3.71. The molecule has 0 heterocycles. The summed E-state index contributed by atoms with van der Waals surface area (Å²) in [6.45, 7) is 8.03. The Labute approximate surface area is 226 Å². The number of rotatable bonds is 13. The van der Waals surface area contributed by atoms with Crippen molar-refractivity contribution in [3.8, 4) is 5.75 Å². The van der Waals surface area contributed by atoms with Gasteiger partial charge >= 0.3 is 0 Å². The van der Waals surface area contributed by atoms with Crippen LogP contribution in [0.1, 0.15) is 51.7 Å². The zero-order chi connectivity index (χ0) is 26.7. The molecule has 204 valence electrons. The minimum absolute atomic E-state index is 0. The molecule has 6 N–H and O–H groups in total. The van der Waals surface area contributed by atoms with Crippen LogP contribution in [0.15, 0.2) is 54.6 Å². The minimum atomic E-state index is -0.939. The fraction of sp³-hybridized carbons (Fsp3) is 0.464. The smallest absolute Gasteiger partial charge is 0.243 e. The Balaban J connectivity index is 0.00000684. The van der Waals surface area contributed by atoms with Gasteiger partial charge in [0.25, 0.3) is 0 Å². The number of hydrogen-bond donors (Lipinski definition) is 5. The molecule has 0 spiro atoms. The Morgan fingerprint density at radius 2 is 1.41 bits per heavy atom. The first-order chi connectivity index (χ1) is 17.2. The van der Waals surface area contributed by atoms with Crippen LogP contribution < -0.4 is 21.7 Å². The molecular weight excluding hydrogens is 492 g/mol. The molecule has 0 aromatic heterocycles. The van der Waals surface area contributed by atoms with Gasteiger partial charge in [0.05, 0.1) is 6.04 Å². The van der Waals surface area contributed by atoms with Crippen molar-refractivity contribution in [3.05, 3.63) is 65.7 Å². The van der Waals surface area contributed by atoms with Crippen LogP contribution in [0.5, 0.6) is 5.75 Å². The lowest BCUT2D eigenvalue weighted by Crippen LogP contribution is -2.58. The molecule has 0 saturated heterocycles. The summed E-state index contributed by atoms with van der Waals surface area (Å²) in [5.41, 5.74) is 7.81. The summed E-state index contributed by atoms with van der Waals surface area (Å²) in [5.74, 6) is -1.25. The first-order valence-electron chi connectivity index (χ1n) is 12.6. The Morgan fingerprint density at radius 1 is 0.811 bits per heavy atom. The van der Waals surface area contributed by atoms with Crippen LogP contribution in [0.3, 0.4) is 0 Å². The van der Waals surface area contributed by atoms with Crippen LogP contribution in [0, 0.1) is 11.8 Å². The maximum absolute atomic E-state index is 13.4. The predicted octanol–water partition coefficient (Wildman–Crippen LogP) is 3.06. The number of nitrogens with one attached hydrogen (secondary N) is 3. The lowest BCUT2D eigenvalue weighted by molar-refractivity contribution is -0.133. The number of phenols is 1. The number of nitrogens with two attached hydrogens (primary N) is 1. The Hall–Kier alpha value is -3.10. The van der Waals surface area contributed by atoms with E-state index in [9.17, 15) is 19.5 Å². The van der Waals surface area contributed by atoms with Gasteiger partial charge in [-0.2, -0.15) is 0 Å². The van der Waals surface area contributed by atoms with E-state index < -0.39 is 29.9 Å². The van der Waals surface area contributed by atoms with Crippen molar-refractivity contribution in [2.24, 2.45) is 17.6 Å². The summed E-state index contributed by atoms with van der Waals surface area (Å²) < 4.78 is 0. The molecule has 3 amide bonds. The van der Waals surface area contributed by atoms with Crippen molar-refractivity contribution in [2.45, 2.75) is 71.6 Å². The van der Waals surface area contributed by atoms with Crippen molar-refractivity contribution in [3.63, 3.8) is 0 Å². The predicted molar refractivity (Wildman–Crippen MR) is 148 cm³/mol. The van der Waals surface area contributed by atoms with Crippen LogP contribution in [0.4, 0.5) is 0 Å². The lowest BCUT2D eigenvalue weighted by Gasteiger charge is -2.28. The van der Waals surface area contributed by atoms with E-state index in [4.69, 9.17) is 5.73 Å². The molecule has 9 heteroatoms. The molecule has 8 nitrogen and oxygen atoms in total. The van der Waals surface area contributed by atoms with Crippen LogP contribution in [-0.4, -0.2) is 41.0 Å². The second-order valence-electron chi connectivity index (χ2n) is 9.42. The summed E-state index contributed by atoms with van der Waals surface area (Å²) >= 11 is 0.